The van der Waals surface area contributed by atoms with Crippen molar-refractivity contribution in [3.05, 3.63) is 0 Å². The lowest BCUT2D eigenvalue weighted by Gasteiger charge is -2.21. The first-order valence-corrected chi connectivity index (χ1v) is 6.29. The number of carbonyl (C=O) groups is 2. The van der Waals surface area contributed by atoms with Gasteiger partial charge in [-0.1, -0.05) is 20.8 Å². The van der Waals surface area contributed by atoms with E-state index in [0.717, 1.165) is 13.1 Å². The zero-order valence-corrected chi connectivity index (χ0v) is 11.2. The lowest BCUT2D eigenvalue weighted by Crippen LogP contribution is -2.43. The van der Waals surface area contributed by atoms with E-state index in [9.17, 15) is 9.59 Å². The molecule has 0 spiro atoms. The smallest absolute Gasteiger partial charge is 0.323 e. The molecule has 0 aromatic heterocycles. The SMILES string of the molecule is CCNCC(C)CN1C(=O)NC(C)(CC)C1=O. The second-order valence-corrected chi connectivity index (χ2v) is 4.94. The normalized spacial score (nSPS) is 26.2. The maximum absolute atomic E-state index is 12.1. The molecule has 1 heterocycles. The molecule has 1 saturated heterocycles. The van der Waals surface area contributed by atoms with E-state index in [1.54, 1.807) is 6.92 Å². The Bertz CT molecular complexity index is 306. The third-order valence-corrected chi connectivity index (χ3v) is 3.29. The molecule has 5 heteroatoms. The van der Waals surface area contributed by atoms with Crippen molar-refractivity contribution < 1.29 is 9.59 Å². The van der Waals surface area contributed by atoms with Crippen LogP contribution in [0.2, 0.25) is 0 Å². The van der Waals surface area contributed by atoms with Crippen LogP contribution in [0.1, 0.15) is 34.1 Å². The van der Waals surface area contributed by atoms with Gasteiger partial charge in [-0.2, -0.15) is 0 Å². The Morgan fingerprint density at radius 1 is 1.41 bits per heavy atom. The summed E-state index contributed by atoms with van der Waals surface area (Å²) in [7, 11) is 0. The van der Waals surface area contributed by atoms with E-state index in [2.05, 4.69) is 10.6 Å². The van der Waals surface area contributed by atoms with Gasteiger partial charge in [-0.25, -0.2) is 4.79 Å². The fourth-order valence-corrected chi connectivity index (χ4v) is 1.92. The fraction of sp³-hybridized carbons (Fsp3) is 0.833. The third-order valence-electron chi connectivity index (χ3n) is 3.29. The summed E-state index contributed by atoms with van der Waals surface area (Å²) in [4.78, 5) is 25.2. The topological polar surface area (TPSA) is 61.4 Å². The van der Waals surface area contributed by atoms with Crippen molar-refractivity contribution in [3.8, 4) is 0 Å². The Hall–Kier alpha value is -1.10. The standard InChI is InChI=1S/C12H23N3O2/c1-5-12(4)10(16)15(11(17)14-12)8-9(3)7-13-6-2/h9,13H,5-8H2,1-4H3,(H,14,17). The summed E-state index contributed by atoms with van der Waals surface area (Å²) < 4.78 is 0. The van der Waals surface area contributed by atoms with Gasteiger partial charge < -0.3 is 10.6 Å². The minimum Gasteiger partial charge on any atom is -0.323 e. The Labute approximate surface area is 103 Å². The molecule has 2 atom stereocenters. The lowest BCUT2D eigenvalue weighted by molar-refractivity contribution is -0.131. The van der Waals surface area contributed by atoms with Crippen molar-refractivity contribution in [2.45, 2.75) is 39.7 Å². The quantitative estimate of drug-likeness (QED) is 0.681. The van der Waals surface area contributed by atoms with Crippen LogP contribution in [0, 0.1) is 5.92 Å². The summed E-state index contributed by atoms with van der Waals surface area (Å²) >= 11 is 0. The number of carbonyl (C=O) groups excluding carboxylic acids is 2. The lowest BCUT2D eigenvalue weighted by atomic mass is 9.99. The number of hydrogen-bond donors (Lipinski definition) is 2. The maximum Gasteiger partial charge on any atom is 0.325 e. The molecule has 1 rings (SSSR count). The molecular formula is C12H23N3O2. The highest BCUT2D eigenvalue weighted by Gasteiger charge is 2.46. The number of hydrogen-bond acceptors (Lipinski definition) is 3. The highest BCUT2D eigenvalue weighted by molar-refractivity contribution is 6.06. The van der Waals surface area contributed by atoms with Gasteiger partial charge in [0, 0.05) is 6.54 Å². The molecule has 1 fully saturated rings. The Balaban J connectivity index is 2.60. The second-order valence-electron chi connectivity index (χ2n) is 4.94. The first-order chi connectivity index (χ1) is 7.94. The van der Waals surface area contributed by atoms with Crippen LogP contribution < -0.4 is 10.6 Å². The molecule has 0 saturated carbocycles. The second kappa shape index (κ2) is 5.49. The van der Waals surface area contributed by atoms with Crippen molar-refractivity contribution in [1.29, 1.82) is 0 Å². The van der Waals surface area contributed by atoms with Crippen LogP contribution in [-0.4, -0.2) is 42.0 Å². The van der Waals surface area contributed by atoms with Gasteiger partial charge in [-0.05, 0) is 32.4 Å². The molecule has 1 aliphatic rings. The molecule has 5 nitrogen and oxygen atoms in total. The third kappa shape index (κ3) is 2.97. The number of imide groups is 1. The summed E-state index contributed by atoms with van der Waals surface area (Å²) in [6.45, 7) is 9.95. The molecule has 1 aliphatic heterocycles. The average Bonchev–Trinajstić information content (AvgIpc) is 2.51. The zero-order valence-electron chi connectivity index (χ0n) is 11.2. The summed E-state index contributed by atoms with van der Waals surface area (Å²) in [5.74, 6) is 0.164. The number of amides is 3. The first kappa shape index (κ1) is 14.0. The van der Waals surface area contributed by atoms with E-state index >= 15 is 0 Å². The van der Waals surface area contributed by atoms with Gasteiger partial charge in [-0.3, -0.25) is 9.69 Å². The highest BCUT2D eigenvalue weighted by Crippen LogP contribution is 2.21. The van der Waals surface area contributed by atoms with Gasteiger partial charge in [-0.15, -0.1) is 0 Å². The molecular weight excluding hydrogens is 218 g/mol. The minimum absolute atomic E-state index is 0.103. The van der Waals surface area contributed by atoms with Crippen molar-refractivity contribution in [2.24, 2.45) is 5.92 Å². The molecule has 0 aromatic carbocycles. The monoisotopic (exact) mass is 241 g/mol. The van der Waals surface area contributed by atoms with Crippen LogP contribution in [0.25, 0.3) is 0 Å². The molecule has 0 aromatic rings. The van der Waals surface area contributed by atoms with Gasteiger partial charge in [0.25, 0.3) is 5.91 Å². The van der Waals surface area contributed by atoms with Crippen LogP contribution in [0.5, 0.6) is 0 Å². The Kier molecular flexibility index (Phi) is 4.51. The fourth-order valence-electron chi connectivity index (χ4n) is 1.92. The molecule has 0 bridgehead atoms. The van der Waals surface area contributed by atoms with Crippen LogP contribution in [-0.2, 0) is 4.79 Å². The molecule has 17 heavy (non-hydrogen) atoms. The predicted octanol–water partition coefficient (Wildman–Crippen LogP) is 0.952. The molecule has 0 aliphatic carbocycles. The van der Waals surface area contributed by atoms with E-state index in [0.29, 0.717) is 13.0 Å². The largest absolute Gasteiger partial charge is 0.325 e. The first-order valence-electron chi connectivity index (χ1n) is 6.29. The molecule has 2 unspecified atom stereocenters. The van der Waals surface area contributed by atoms with Gasteiger partial charge in [0.2, 0.25) is 0 Å². The number of urea groups is 1. The van der Waals surface area contributed by atoms with Gasteiger partial charge >= 0.3 is 6.03 Å². The number of nitrogens with zero attached hydrogens (tertiary/aromatic N) is 1. The maximum atomic E-state index is 12.1. The summed E-state index contributed by atoms with van der Waals surface area (Å²) in [5, 5.41) is 5.97. The predicted molar refractivity (Wildman–Crippen MR) is 66.6 cm³/mol. The van der Waals surface area contributed by atoms with Crippen LogP contribution in [0.4, 0.5) is 4.79 Å². The summed E-state index contributed by atoms with van der Waals surface area (Å²) in [6.07, 6.45) is 0.621. The average molecular weight is 241 g/mol. The number of nitrogens with one attached hydrogen (secondary N) is 2. The molecule has 0 radical (unpaired) electrons. The van der Waals surface area contributed by atoms with Crippen molar-refractivity contribution in [2.75, 3.05) is 19.6 Å². The van der Waals surface area contributed by atoms with E-state index in [4.69, 9.17) is 0 Å². The molecule has 3 amide bonds. The summed E-state index contributed by atoms with van der Waals surface area (Å²) in [6, 6.07) is -0.261. The van der Waals surface area contributed by atoms with Gasteiger partial charge in [0.05, 0.1) is 0 Å². The molecule has 2 N–H and O–H groups in total. The van der Waals surface area contributed by atoms with E-state index in [1.807, 2.05) is 20.8 Å². The van der Waals surface area contributed by atoms with Crippen molar-refractivity contribution in [1.82, 2.24) is 15.5 Å². The van der Waals surface area contributed by atoms with Crippen LogP contribution >= 0.6 is 0 Å². The van der Waals surface area contributed by atoms with Crippen LogP contribution in [0.3, 0.4) is 0 Å². The Morgan fingerprint density at radius 3 is 2.53 bits per heavy atom. The minimum atomic E-state index is -0.713. The Morgan fingerprint density at radius 2 is 2.06 bits per heavy atom. The highest BCUT2D eigenvalue weighted by atomic mass is 16.2. The van der Waals surface area contributed by atoms with Crippen molar-refractivity contribution in [3.63, 3.8) is 0 Å². The van der Waals surface area contributed by atoms with E-state index in [-0.39, 0.29) is 17.9 Å². The van der Waals surface area contributed by atoms with Crippen LogP contribution in [0.15, 0.2) is 0 Å². The van der Waals surface area contributed by atoms with Gasteiger partial charge in [0.1, 0.15) is 5.54 Å². The van der Waals surface area contributed by atoms with E-state index in [1.165, 1.54) is 4.90 Å². The van der Waals surface area contributed by atoms with E-state index < -0.39 is 5.54 Å². The van der Waals surface area contributed by atoms with Gasteiger partial charge in [0.15, 0.2) is 0 Å². The molecule has 98 valence electrons. The van der Waals surface area contributed by atoms with Crippen molar-refractivity contribution >= 4 is 11.9 Å². The zero-order chi connectivity index (χ0) is 13.1. The number of rotatable bonds is 6. The summed E-state index contributed by atoms with van der Waals surface area (Å²) in [5.41, 5.74) is -0.713.